The maximum absolute atomic E-state index is 12.4. The summed E-state index contributed by atoms with van der Waals surface area (Å²) >= 11 is 0. The first-order valence-electron chi connectivity index (χ1n) is 37.6. The Hall–Kier alpha value is -1.66. The Balaban J connectivity index is 3.25. The fourth-order valence-electron chi connectivity index (χ4n) is 12.0. The quantitative estimate of drug-likeness (QED) is 0.0320. The van der Waals surface area contributed by atoms with Gasteiger partial charge in [0.25, 0.3) is 0 Å². The molecule has 0 aliphatic carbocycles. The fourth-order valence-corrected chi connectivity index (χ4v) is 12.0. The first-order chi connectivity index (χ1) is 40.5. The predicted molar refractivity (Wildman–Crippen MR) is 361 cm³/mol. The Labute approximate surface area is 513 Å². The van der Waals surface area contributed by atoms with Gasteiger partial charge in [-0.05, 0) is 57.8 Å². The van der Waals surface area contributed by atoms with Crippen molar-refractivity contribution in [2.75, 3.05) is 13.2 Å². The molecule has 0 radical (unpaired) electrons. The highest BCUT2D eigenvalue weighted by Crippen LogP contribution is 2.20. The van der Waals surface area contributed by atoms with Crippen LogP contribution in [0.2, 0.25) is 0 Å². The average molecular weight is 1160 g/mol. The summed E-state index contributed by atoms with van der Waals surface area (Å²) in [4.78, 5) is 24.5. The number of esters is 1. The zero-order chi connectivity index (χ0) is 59.2. The van der Waals surface area contributed by atoms with E-state index in [-0.39, 0.29) is 18.5 Å². The van der Waals surface area contributed by atoms with Crippen LogP contribution in [0.25, 0.3) is 0 Å². The van der Waals surface area contributed by atoms with Crippen LogP contribution in [0.15, 0.2) is 24.3 Å². The molecule has 2 unspecified atom stereocenters. The van der Waals surface area contributed by atoms with E-state index in [0.29, 0.717) is 25.9 Å². The van der Waals surface area contributed by atoms with E-state index in [1.807, 2.05) is 0 Å². The maximum Gasteiger partial charge on any atom is 0.305 e. The lowest BCUT2D eigenvalue weighted by Crippen LogP contribution is -2.45. The van der Waals surface area contributed by atoms with Crippen LogP contribution in [0.5, 0.6) is 0 Å². The molecule has 0 heterocycles. The van der Waals surface area contributed by atoms with Gasteiger partial charge in [-0.1, -0.05) is 378 Å². The third-order valence-electron chi connectivity index (χ3n) is 17.8. The van der Waals surface area contributed by atoms with E-state index >= 15 is 0 Å². The van der Waals surface area contributed by atoms with Crippen molar-refractivity contribution in [3.8, 4) is 0 Å². The fraction of sp³-hybridized carbons (Fsp3) is 0.921. The molecule has 0 aromatic carbocycles. The summed E-state index contributed by atoms with van der Waals surface area (Å²) in [5, 5.41) is 23.2. The molecule has 0 saturated heterocycles. The molecule has 3 N–H and O–H groups in total. The lowest BCUT2D eigenvalue weighted by molar-refractivity contribution is -0.143. The van der Waals surface area contributed by atoms with Gasteiger partial charge in [0.2, 0.25) is 5.91 Å². The Morgan fingerprint density at radius 3 is 0.951 bits per heavy atom. The van der Waals surface area contributed by atoms with E-state index in [1.165, 1.54) is 340 Å². The summed E-state index contributed by atoms with van der Waals surface area (Å²) in [7, 11) is 0. The van der Waals surface area contributed by atoms with Crippen LogP contribution in [0.4, 0.5) is 0 Å². The Bertz CT molecular complexity index is 1280. The number of carbonyl (C=O) groups is 2. The summed E-state index contributed by atoms with van der Waals surface area (Å²) < 4.78 is 5.51. The molecule has 0 aromatic rings. The van der Waals surface area contributed by atoms with Crippen LogP contribution in [0.1, 0.15) is 425 Å². The van der Waals surface area contributed by atoms with Crippen LogP contribution in [0.3, 0.4) is 0 Å². The SMILES string of the molecule is CCCCC/C=C\C/C=C\CCCCCCCCCC(=O)OCCCCCCCCCCCCCCCCCCCCCCCCCCCCCCCCCCCCCCCCCC(=O)NC(CO)C(O)CCCCCCCCCCC. The van der Waals surface area contributed by atoms with Crippen LogP contribution in [-0.4, -0.2) is 47.4 Å². The molecule has 0 rings (SSSR count). The van der Waals surface area contributed by atoms with Crippen LogP contribution >= 0.6 is 0 Å². The molecule has 0 fully saturated rings. The zero-order valence-corrected chi connectivity index (χ0v) is 55.8. The molecule has 1 amide bonds. The Kier molecular flexibility index (Phi) is 70.4. The van der Waals surface area contributed by atoms with Gasteiger partial charge in [-0.15, -0.1) is 0 Å². The highest BCUT2D eigenvalue weighted by atomic mass is 16.5. The van der Waals surface area contributed by atoms with Gasteiger partial charge in [0.1, 0.15) is 0 Å². The summed E-state index contributed by atoms with van der Waals surface area (Å²) in [5.41, 5.74) is 0. The number of amides is 1. The maximum atomic E-state index is 12.4. The molecule has 0 aromatic heterocycles. The van der Waals surface area contributed by atoms with Gasteiger partial charge in [0.15, 0.2) is 0 Å². The van der Waals surface area contributed by atoms with Gasteiger partial charge in [-0.2, -0.15) is 0 Å². The van der Waals surface area contributed by atoms with E-state index in [9.17, 15) is 19.8 Å². The molecule has 0 aliphatic heterocycles. The van der Waals surface area contributed by atoms with E-state index < -0.39 is 12.1 Å². The van der Waals surface area contributed by atoms with Gasteiger partial charge >= 0.3 is 5.97 Å². The first-order valence-corrected chi connectivity index (χ1v) is 37.6. The molecule has 82 heavy (non-hydrogen) atoms. The highest BCUT2D eigenvalue weighted by Gasteiger charge is 2.20. The number of rotatable bonds is 71. The molecule has 0 bridgehead atoms. The minimum atomic E-state index is -0.657. The molecule has 0 saturated carbocycles. The molecular formula is C76H147NO5. The second-order valence-electron chi connectivity index (χ2n) is 26.0. The van der Waals surface area contributed by atoms with E-state index in [4.69, 9.17) is 4.74 Å². The number of ether oxygens (including phenoxy) is 1. The number of nitrogens with one attached hydrogen (secondary N) is 1. The number of hydrogen-bond acceptors (Lipinski definition) is 5. The Morgan fingerprint density at radius 2 is 0.610 bits per heavy atom. The van der Waals surface area contributed by atoms with Crippen molar-refractivity contribution >= 4 is 11.9 Å². The van der Waals surface area contributed by atoms with Gasteiger partial charge in [-0.25, -0.2) is 0 Å². The predicted octanol–water partition coefficient (Wildman–Crippen LogP) is 24.5. The summed E-state index contributed by atoms with van der Waals surface area (Å²) in [6.45, 7) is 4.94. The third-order valence-corrected chi connectivity index (χ3v) is 17.8. The largest absolute Gasteiger partial charge is 0.466 e. The van der Waals surface area contributed by atoms with Crippen molar-refractivity contribution in [3.63, 3.8) is 0 Å². The number of carbonyl (C=O) groups excluding carboxylic acids is 2. The number of hydrogen-bond donors (Lipinski definition) is 3. The number of aliphatic hydroxyl groups excluding tert-OH is 2. The molecule has 6 nitrogen and oxygen atoms in total. The highest BCUT2D eigenvalue weighted by molar-refractivity contribution is 5.76. The zero-order valence-electron chi connectivity index (χ0n) is 55.8. The summed E-state index contributed by atoms with van der Waals surface area (Å²) in [5.74, 6) is -0.0124. The van der Waals surface area contributed by atoms with Gasteiger partial charge < -0.3 is 20.3 Å². The molecular weight excluding hydrogens is 1010 g/mol. The van der Waals surface area contributed by atoms with E-state index in [0.717, 1.165) is 51.4 Å². The molecule has 0 aliphatic rings. The smallest absolute Gasteiger partial charge is 0.305 e. The van der Waals surface area contributed by atoms with Gasteiger partial charge in [0.05, 0.1) is 25.4 Å². The van der Waals surface area contributed by atoms with Gasteiger partial charge in [0, 0.05) is 12.8 Å². The molecule has 6 heteroatoms. The minimum absolute atomic E-state index is 0.0168. The molecule has 2 atom stereocenters. The van der Waals surface area contributed by atoms with Crippen molar-refractivity contribution in [1.29, 1.82) is 0 Å². The lowest BCUT2D eigenvalue weighted by Gasteiger charge is -2.22. The average Bonchev–Trinajstić information content (AvgIpc) is 3.48. The standard InChI is InChI=1S/C76H147NO5/c1-3-5-7-9-11-13-14-15-16-40-44-47-50-54-58-62-66-70-76(81)82-71-67-63-59-55-51-48-45-42-39-37-35-33-31-29-27-25-23-21-19-17-18-20-22-24-26-28-30-32-34-36-38-41-43-46-49-53-57-61-65-69-75(80)77-73(72-78)74(79)68-64-60-56-52-12-10-8-6-4-2/h11,13,15-16,73-74,78-79H,3-10,12,14,17-72H2,1-2H3,(H,77,80)/b13-11-,16-15-. The monoisotopic (exact) mass is 1150 g/mol. The second-order valence-corrected chi connectivity index (χ2v) is 26.0. The number of allylic oxidation sites excluding steroid dienone is 4. The third kappa shape index (κ3) is 67.5. The summed E-state index contributed by atoms with van der Waals surface area (Å²) in [6, 6.07) is -0.534. The van der Waals surface area contributed by atoms with Crippen molar-refractivity contribution in [3.05, 3.63) is 24.3 Å². The van der Waals surface area contributed by atoms with Crippen molar-refractivity contribution in [1.82, 2.24) is 5.32 Å². The number of aliphatic hydroxyl groups is 2. The molecule has 486 valence electrons. The van der Waals surface area contributed by atoms with Gasteiger partial charge in [-0.3, -0.25) is 9.59 Å². The van der Waals surface area contributed by atoms with E-state index in [1.54, 1.807) is 0 Å². The normalized spacial score (nSPS) is 12.6. The second kappa shape index (κ2) is 71.8. The topological polar surface area (TPSA) is 95.9 Å². The van der Waals surface area contributed by atoms with Crippen molar-refractivity contribution < 1.29 is 24.5 Å². The summed E-state index contributed by atoms with van der Waals surface area (Å²) in [6.07, 6.45) is 91.4. The van der Waals surface area contributed by atoms with Crippen LogP contribution in [0, 0.1) is 0 Å². The first kappa shape index (κ1) is 80.3. The number of unbranched alkanes of at least 4 members (excludes halogenated alkanes) is 56. The molecule has 0 spiro atoms. The van der Waals surface area contributed by atoms with Crippen LogP contribution in [-0.2, 0) is 14.3 Å². The van der Waals surface area contributed by atoms with Crippen LogP contribution < -0.4 is 5.32 Å². The van der Waals surface area contributed by atoms with Crippen molar-refractivity contribution in [2.45, 2.75) is 437 Å². The minimum Gasteiger partial charge on any atom is -0.466 e. The van der Waals surface area contributed by atoms with E-state index in [2.05, 4.69) is 43.5 Å². The lowest BCUT2D eigenvalue weighted by atomic mass is 10.0. The Morgan fingerprint density at radius 1 is 0.341 bits per heavy atom. The van der Waals surface area contributed by atoms with Crippen molar-refractivity contribution in [2.24, 2.45) is 0 Å².